The highest BCUT2D eigenvalue weighted by Crippen LogP contribution is 2.30. The molecule has 0 radical (unpaired) electrons. The maximum absolute atomic E-state index is 12.3. The molecule has 28 heavy (non-hydrogen) atoms. The highest BCUT2D eigenvalue weighted by molar-refractivity contribution is 7.92. The Balaban J connectivity index is 1.70. The summed E-state index contributed by atoms with van der Waals surface area (Å²) >= 11 is 11.9. The lowest BCUT2D eigenvalue weighted by Gasteiger charge is -2.05. The highest BCUT2D eigenvalue weighted by atomic mass is 35.5. The number of anilines is 1. The summed E-state index contributed by atoms with van der Waals surface area (Å²) in [5, 5.41) is 10.4. The monoisotopic (exact) mass is 441 g/mol. The Morgan fingerprint density at radius 3 is 2.50 bits per heavy atom. The van der Waals surface area contributed by atoms with Crippen LogP contribution in [0.25, 0.3) is 11.5 Å². The zero-order valence-electron chi connectivity index (χ0n) is 14.3. The van der Waals surface area contributed by atoms with Crippen molar-refractivity contribution in [2.45, 2.75) is 4.90 Å². The van der Waals surface area contributed by atoms with Crippen molar-refractivity contribution in [3.05, 3.63) is 52.5 Å². The number of aromatic nitrogens is 2. The lowest BCUT2D eigenvalue weighted by molar-refractivity contribution is -0.114. The van der Waals surface area contributed by atoms with Crippen LogP contribution in [-0.4, -0.2) is 37.4 Å². The number of methoxy groups -OCH3 is 1. The quantitative estimate of drug-likeness (QED) is 0.622. The summed E-state index contributed by atoms with van der Waals surface area (Å²) in [6.07, 6.45) is 0. The summed E-state index contributed by atoms with van der Waals surface area (Å²) in [7, 11) is -2.39. The number of hydrogen-bond acceptors (Lipinski definition) is 7. The number of rotatable bonds is 6. The molecule has 1 heterocycles. The topological polar surface area (TPSA) is 111 Å². The van der Waals surface area contributed by atoms with Gasteiger partial charge in [-0.15, -0.1) is 5.10 Å². The van der Waals surface area contributed by atoms with E-state index in [0.717, 1.165) is 0 Å². The molecule has 0 aliphatic heterocycles. The highest BCUT2D eigenvalue weighted by Gasteiger charge is 2.21. The number of carbonyl (C=O) groups excluding carboxylic acids is 1. The number of ether oxygens (including phenoxy) is 1. The molecule has 0 fully saturated rings. The zero-order valence-corrected chi connectivity index (χ0v) is 16.7. The third-order valence-electron chi connectivity index (χ3n) is 3.57. The molecule has 1 amide bonds. The Morgan fingerprint density at radius 1 is 1.14 bits per heavy atom. The molecule has 146 valence electrons. The van der Waals surface area contributed by atoms with E-state index in [1.807, 2.05) is 0 Å². The first-order valence-corrected chi connectivity index (χ1v) is 10.1. The Hall–Kier alpha value is -2.62. The molecule has 3 aromatic rings. The SMILES string of the molecule is COc1ccc(S(=O)(=O)CC(=O)Nc2nnc(-c3ccc(Cl)cc3Cl)o2)cc1. The van der Waals surface area contributed by atoms with E-state index in [9.17, 15) is 13.2 Å². The van der Waals surface area contributed by atoms with Crippen molar-refractivity contribution in [1.82, 2.24) is 10.2 Å². The molecule has 0 spiro atoms. The summed E-state index contributed by atoms with van der Waals surface area (Å²) in [4.78, 5) is 12.1. The second-order valence-corrected chi connectivity index (χ2v) is 8.35. The van der Waals surface area contributed by atoms with E-state index < -0.39 is 21.5 Å². The molecule has 0 saturated heterocycles. The average molecular weight is 442 g/mol. The fourth-order valence-corrected chi connectivity index (χ4v) is 3.86. The van der Waals surface area contributed by atoms with Crippen LogP contribution in [0.4, 0.5) is 6.01 Å². The maximum atomic E-state index is 12.3. The van der Waals surface area contributed by atoms with Crippen LogP contribution in [-0.2, 0) is 14.6 Å². The molecule has 0 unspecified atom stereocenters. The predicted octanol–water partition coefficient (Wildman–Crippen LogP) is 3.46. The minimum Gasteiger partial charge on any atom is -0.497 e. The molecular formula is C17H13Cl2N3O5S. The van der Waals surface area contributed by atoms with Crippen LogP contribution in [0.3, 0.4) is 0 Å². The van der Waals surface area contributed by atoms with Crippen molar-refractivity contribution in [2.75, 3.05) is 18.2 Å². The van der Waals surface area contributed by atoms with E-state index in [2.05, 4.69) is 15.5 Å². The first-order chi connectivity index (χ1) is 13.3. The molecule has 11 heteroatoms. The lowest BCUT2D eigenvalue weighted by Crippen LogP contribution is -2.23. The third kappa shape index (κ3) is 4.61. The Morgan fingerprint density at radius 2 is 1.86 bits per heavy atom. The van der Waals surface area contributed by atoms with E-state index in [0.29, 0.717) is 16.3 Å². The maximum Gasteiger partial charge on any atom is 0.322 e. The van der Waals surface area contributed by atoms with E-state index in [4.69, 9.17) is 32.4 Å². The van der Waals surface area contributed by atoms with Crippen LogP contribution < -0.4 is 10.1 Å². The number of nitrogens with zero attached hydrogens (tertiary/aromatic N) is 2. The van der Waals surface area contributed by atoms with Crippen LogP contribution >= 0.6 is 23.2 Å². The molecule has 2 aromatic carbocycles. The fraction of sp³-hybridized carbons (Fsp3) is 0.118. The third-order valence-corrected chi connectivity index (χ3v) is 5.75. The van der Waals surface area contributed by atoms with Crippen LogP contribution in [0, 0.1) is 0 Å². The summed E-state index contributed by atoms with van der Waals surface area (Å²) in [6.45, 7) is 0. The smallest absolute Gasteiger partial charge is 0.322 e. The summed E-state index contributed by atoms with van der Waals surface area (Å²) < 4.78 is 35.0. The second kappa shape index (κ2) is 8.17. The number of amides is 1. The number of benzene rings is 2. The Kier molecular flexibility index (Phi) is 5.87. The first-order valence-electron chi connectivity index (χ1n) is 7.74. The number of carbonyl (C=O) groups is 1. The van der Waals surface area contributed by atoms with Crippen molar-refractivity contribution >= 4 is 45.0 Å². The molecule has 1 aromatic heterocycles. The van der Waals surface area contributed by atoms with E-state index in [1.54, 1.807) is 12.1 Å². The standard InChI is InChI=1S/C17H13Cl2N3O5S/c1-26-11-3-5-12(6-4-11)28(24,25)9-15(23)20-17-22-21-16(27-17)13-7-2-10(18)8-14(13)19/h2-8H,9H2,1H3,(H,20,22,23). The van der Waals surface area contributed by atoms with Crippen molar-refractivity contribution in [3.63, 3.8) is 0 Å². The predicted molar refractivity (Wildman–Crippen MR) is 103 cm³/mol. The van der Waals surface area contributed by atoms with Gasteiger partial charge in [-0.25, -0.2) is 8.42 Å². The molecular weight excluding hydrogens is 429 g/mol. The number of sulfone groups is 1. The lowest BCUT2D eigenvalue weighted by atomic mass is 10.2. The van der Waals surface area contributed by atoms with Gasteiger partial charge in [-0.2, -0.15) is 0 Å². The Labute approximate surface area is 170 Å². The molecule has 0 atom stereocenters. The van der Waals surface area contributed by atoms with Gasteiger partial charge < -0.3 is 9.15 Å². The van der Waals surface area contributed by atoms with Crippen molar-refractivity contribution in [1.29, 1.82) is 0 Å². The minimum absolute atomic E-state index is 0.0115. The van der Waals surface area contributed by atoms with Crippen molar-refractivity contribution in [2.24, 2.45) is 0 Å². The molecule has 3 rings (SSSR count). The first kappa shape index (κ1) is 20.1. The average Bonchev–Trinajstić information content (AvgIpc) is 3.09. The minimum atomic E-state index is -3.85. The summed E-state index contributed by atoms with van der Waals surface area (Å²) in [5.74, 6) is -1.07. The van der Waals surface area contributed by atoms with Gasteiger partial charge in [-0.05, 0) is 42.5 Å². The zero-order chi connectivity index (χ0) is 20.3. The van der Waals surface area contributed by atoms with E-state index in [-0.39, 0.29) is 21.8 Å². The largest absolute Gasteiger partial charge is 0.497 e. The Bertz CT molecular complexity index is 1110. The van der Waals surface area contributed by atoms with Gasteiger partial charge in [0.1, 0.15) is 11.5 Å². The van der Waals surface area contributed by atoms with Gasteiger partial charge in [0, 0.05) is 5.02 Å². The van der Waals surface area contributed by atoms with Gasteiger partial charge in [0.2, 0.25) is 5.91 Å². The molecule has 0 bridgehead atoms. The van der Waals surface area contributed by atoms with Gasteiger partial charge in [0.05, 0.1) is 22.6 Å². The van der Waals surface area contributed by atoms with Crippen LogP contribution in [0.2, 0.25) is 10.0 Å². The van der Waals surface area contributed by atoms with Crippen LogP contribution in [0.15, 0.2) is 51.8 Å². The van der Waals surface area contributed by atoms with Gasteiger partial charge in [-0.3, -0.25) is 10.1 Å². The molecule has 0 saturated carbocycles. The van der Waals surface area contributed by atoms with Crippen molar-refractivity contribution in [3.8, 4) is 17.2 Å². The fourth-order valence-electron chi connectivity index (χ4n) is 2.24. The van der Waals surface area contributed by atoms with Crippen molar-refractivity contribution < 1.29 is 22.4 Å². The number of nitrogens with one attached hydrogen (secondary N) is 1. The van der Waals surface area contributed by atoms with E-state index in [1.165, 1.54) is 37.4 Å². The van der Waals surface area contributed by atoms with Gasteiger partial charge in [0.25, 0.3) is 5.89 Å². The summed E-state index contributed by atoms with van der Waals surface area (Å²) in [6, 6.07) is 10.1. The molecule has 8 nitrogen and oxygen atoms in total. The number of halogens is 2. The number of hydrogen-bond donors (Lipinski definition) is 1. The normalized spacial score (nSPS) is 11.2. The van der Waals surface area contributed by atoms with E-state index >= 15 is 0 Å². The van der Waals surface area contributed by atoms with Crippen LogP contribution in [0.1, 0.15) is 0 Å². The van der Waals surface area contributed by atoms with Crippen LogP contribution in [0.5, 0.6) is 5.75 Å². The summed E-state index contributed by atoms with van der Waals surface area (Å²) in [5.41, 5.74) is 0.421. The van der Waals surface area contributed by atoms with Gasteiger partial charge in [-0.1, -0.05) is 28.3 Å². The second-order valence-electron chi connectivity index (χ2n) is 5.52. The van der Waals surface area contributed by atoms with Gasteiger partial charge in [0.15, 0.2) is 9.84 Å². The molecule has 0 aliphatic carbocycles. The molecule has 0 aliphatic rings. The van der Waals surface area contributed by atoms with Gasteiger partial charge >= 0.3 is 6.01 Å². The molecule has 1 N–H and O–H groups in total.